The lowest BCUT2D eigenvalue weighted by Crippen LogP contribution is -2.32. The van der Waals surface area contributed by atoms with Crippen molar-refractivity contribution < 1.29 is 9.21 Å². The van der Waals surface area contributed by atoms with Gasteiger partial charge in [0.25, 0.3) is 0 Å². The van der Waals surface area contributed by atoms with Crippen LogP contribution in [-0.2, 0) is 11.8 Å². The maximum Gasteiger partial charge on any atom is 0.419 e. The number of hydrogen-bond donors (Lipinski definition) is 1. The van der Waals surface area contributed by atoms with Gasteiger partial charge >= 0.3 is 5.76 Å². The molecule has 18 heavy (non-hydrogen) atoms. The Morgan fingerprint density at radius 1 is 1.44 bits per heavy atom. The number of nitrogens with two attached hydrogens (primary N) is 1. The molecule has 0 saturated carbocycles. The topological polar surface area (TPSA) is 81.5 Å². The Morgan fingerprint density at radius 2 is 2.11 bits per heavy atom. The summed E-state index contributed by atoms with van der Waals surface area (Å²) < 4.78 is 6.43. The maximum absolute atomic E-state index is 11.5. The molecule has 1 aromatic heterocycles. The van der Waals surface area contributed by atoms with Crippen LogP contribution in [0.2, 0.25) is 0 Å². The summed E-state index contributed by atoms with van der Waals surface area (Å²) in [5.74, 6) is -0.865. The summed E-state index contributed by atoms with van der Waals surface area (Å²) in [6.45, 7) is 0. The molecule has 1 amide bonds. The molecule has 96 valence electrons. The molecule has 2 N–H and O–H groups in total. The monoisotopic (exact) mass is 249 g/mol. The second kappa shape index (κ2) is 4.30. The Bertz CT molecular complexity index is 654. The van der Waals surface area contributed by atoms with Gasteiger partial charge in [0.15, 0.2) is 5.58 Å². The summed E-state index contributed by atoms with van der Waals surface area (Å²) in [6, 6.07) is 4.63. The molecule has 0 radical (unpaired) electrons. The van der Waals surface area contributed by atoms with E-state index in [9.17, 15) is 9.59 Å². The smallest absolute Gasteiger partial charge is 0.408 e. The van der Waals surface area contributed by atoms with Crippen molar-refractivity contribution in [2.45, 2.75) is 6.04 Å². The lowest BCUT2D eigenvalue weighted by Gasteiger charge is -2.21. The Balaban J connectivity index is 2.61. The third-order valence-electron chi connectivity index (χ3n) is 2.92. The number of benzene rings is 1. The van der Waals surface area contributed by atoms with Gasteiger partial charge in [0.05, 0.1) is 5.52 Å². The highest BCUT2D eigenvalue weighted by molar-refractivity contribution is 5.83. The molecule has 0 aliphatic rings. The highest BCUT2D eigenvalue weighted by atomic mass is 16.4. The van der Waals surface area contributed by atoms with E-state index in [0.29, 0.717) is 11.1 Å². The zero-order chi connectivity index (χ0) is 13.4. The summed E-state index contributed by atoms with van der Waals surface area (Å²) in [6.07, 6.45) is 0. The van der Waals surface area contributed by atoms with Gasteiger partial charge < -0.3 is 10.2 Å². The number of carbonyl (C=O) groups excluding carboxylic acids is 1. The average Bonchev–Trinajstić information content (AvgIpc) is 2.55. The number of aryl methyl sites for hydroxylation is 1. The average molecular weight is 249 g/mol. The van der Waals surface area contributed by atoms with E-state index in [0.717, 1.165) is 5.56 Å². The predicted octanol–water partition coefficient (Wildman–Crippen LogP) is 0.220. The second-order valence-electron chi connectivity index (χ2n) is 4.42. The first-order valence-electron chi connectivity index (χ1n) is 5.47. The number of amides is 1. The van der Waals surface area contributed by atoms with Crippen LogP contribution in [0.1, 0.15) is 11.6 Å². The predicted molar refractivity (Wildman–Crippen MR) is 67.1 cm³/mol. The molecule has 1 atom stereocenters. The number of nitrogens with zero attached hydrogens (tertiary/aromatic N) is 2. The molecule has 2 aromatic rings. The molecular formula is C12H15N3O3. The van der Waals surface area contributed by atoms with Crippen molar-refractivity contribution >= 4 is 17.0 Å². The fourth-order valence-electron chi connectivity index (χ4n) is 2.03. The Labute approximate surface area is 104 Å². The first kappa shape index (κ1) is 12.4. The van der Waals surface area contributed by atoms with E-state index >= 15 is 0 Å². The Hall–Kier alpha value is -2.08. The van der Waals surface area contributed by atoms with Gasteiger partial charge in [-0.3, -0.25) is 14.3 Å². The van der Waals surface area contributed by atoms with Gasteiger partial charge in [-0.1, -0.05) is 6.07 Å². The quantitative estimate of drug-likeness (QED) is 0.843. The van der Waals surface area contributed by atoms with Crippen LogP contribution in [0.3, 0.4) is 0 Å². The number of primary amides is 1. The number of fused-ring (bicyclic) bond motifs is 1. The fraction of sp³-hybridized carbons (Fsp3) is 0.333. The summed E-state index contributed by atoms with van der Waals surface area (Å²) >= 11 is 0. The number of rotatable bonds is 3. The van der Waals surface area contributed by atoms with Crippen LogP contribution in [0.15, 0.2) is 27.4 Å². The van der Waals surface area contributed by atoms with Crippen molar-refractivity contribution in [1.82, 2.24) is 9.47 Å². The van der Waals surface area contributed by atoms with Crippen LogP contribution in [-0.4, -0.2) is 29.5 Å². The molecular weight excluding hydrogens is 234 g/mol. The molecule has 0 spiro atoms. The minimum atomic E-state index is -0.528. The zero-order valence-electron chi connectivity index (χ0n) is 10.5. The SMILES string of the molecule is CN(C)C(C(N)=O)c1ccc2oc(=O)n(C)c2c1. The van der Waals surface area contributed by atoms with E-state index in [-0.39, 0.29) is 0 Å². The first-order chi connectivity index (χ1) is 8.41. The van der Waals surface area contributed by atoms with E-state index in [1.807, 2.05) is 0 Å². The van der Waals surface area contributed by atoms with Crippen molar-refractivity contribution in [3.63, 3.8) is 0 Å². The van der Waals surface area contributed by atoms with Gasteiger partial charge in [-0.05, 0) is 31.8 Å². The van der Waals surface area contributed by atoms with Crippen molar-refractivity contribution in [2.75, 3.05) is 14.1 Å². The van der Waals surface area contributed by atoms with Crippen LogP contribution < -0.4 is 11.5 Å². The summed E-state index contributed by atoms with van der Waals surface area (Å²) in [5, 5.41) is 0. The first-order valence-corrected chi connectivity index (χ1v) is 5.47. The number of aromatic nitrogens is 1. The minimum Gasteiger partial charge on any atom is -0.408 e. The molecule has 2 rings (SSSR count). The molecule has 6 heteroatoms. The molecule has 0 aliphatic heterocycles. The minimum absolute atomic E-state index is 0.428. The summed E-state index contributed by atoms with van der Waals surface area (Å²) in [4.78, 5) is 24.6. The molecule has 6 nitrogen and oxygen atoms in total. The molecule has 1 unspecified atom stereocenters. The van der Waals surface area contributed by atoms with Crippen molar-refractivity contribution in [1.29, 1.82) is 0 Å². The molecule has 1 heterocycles. The van der Waals surface area contributed by atoms with Crippen LogP contribution >= 0.6 is 0 Å². The standard InChI is InChI=1S/C12H15N3O3/c1-14(2)10(11(13)16)7-4-5-9-8(6-7)15(3)12(17)18-9/h4-6,10H,1-3H3,(H2,13,16). The van der Waals surface area contributed by atoms with E-state index in [1.165, 1.54) is 4.57 Å². The van der Waals surface area contributed by atoms with Crippen LogP contribution in [0.25, 0.3) is 11.1 Å². The molecule has 0 saturated heterocycles. The van der Waals surface area contributed by atoms with Gasteiger partial charge in [0, 0.05) is 7.05 Å². The number of hydrogen-bond acceptors (Lipinski definition) is 4. The molecule has 0 bridgehead atoms. The van der Waals surface area contributed by atoms with Gasteiger partial charge in [0.2, 0.25) is 5.91 Å². The molecule has 0 fully saturated rings. The number of likely N-dealkylation sites (N-methyl/N-ethyl adjacent to an activating group) is 1. The van der Waals surface area contributed by atoms with Crippen LogP contribution in [0.4, 0.5) is 0 Å². The summed E-state index contributed by atoms with van der Waals surface area (Å²) in [7, 11) is 5.16. The number of carbonyl (C=O) groups is 1. The fourth-order valence-corrected chi connectivity index (χ4v) is 2.03. The van der Waals surface area contributed by atoms with Crippen molar-refractivity contribution in [2.24, 2.45) is 12.8 Å². The summed E-state index contributed by atoms with van der Waals surface area (Å²) in [5.41, 5.74) is 7.25. The third kappa shape index (κ3) is 1.91. The lowest BCUT2D eigenvalue weighted by molar-refractivity contribution is -0.122. The Morgan fingerprint density at radius 3 is 2.67 bits per heavy atom. The van der Waals surface area contributed by atoms with E-state index in [1.54, 1.807) is 44.2 Å². The van der Waals surface area contributed by atoms with Gasteiger partial charge in [-0.15, -0.1) is 0 Å². The Kier molecular flexibility index (Phi) is 2.96. The second-order valence-corrected chi connectivity index (χ2v) is 4.42. The van der Waals surface area contributed by atoms with E-state index < -0.39 is 17.7 Å². The highest BCUT2D eigenvalue weighted by Gasteiger charge is 2.21. The highest BCUT2D eigenvalue weighted by Crippen LogP contribution is 2.22. The molecule has 0 aliphatic carbocycles. The maximum atomic E-state index is 11.5. The van der Waals surface area contributed by atoms with E-state index in [4.69, 9.17) is 10.2 Å². The lowest BCUT2D eigenvalue weighted by atomic mass is 10.0. The third-order valence-corrected chi connectivity index (χ3v) is 2.92. The van der Waals surface area contributed by atoms with Crippen molar-refractivity contribution in [3.8, 4) is 0 Å². The van der Waals surface area contributed by atoms with Gasteiger partial charge in [0.1, 0.15) is 6.04 Å². The van der Waals surface area contributed by atoms with Gasteiger partial charge in [-0.2, -0.15) is 0 Å². The normalized spacial score (nSPS) is 13.1. The van der Waals surface area contributed by atoms with Crippen LogP contribution in [0.5, 0.6) is 0 Å². The van der Waals surface area contributed by atoms with E-state index in [2.05, 4.69) is 0 Å². The molecule has 1 aromatic carbocycles. The van der Waals surface area contributed by atoms with Gasteiger partial charge in [-0.25, -0.2) is 4.79 Å². The largest absolute Gasteiger partial charge is 0.419 e. The van der Waals surface area contributed by atoms with Crippen LogP contribution in [0, 0.1) is 0 Å². The zero-order valence-corrected chi connectivity index (χ0v) is 10.5. The number of oxazole rings is 1. The van der Waals surface area contributed by atoms with Crippen molar-refractivity contribution in [3.05, 3.63) is 34.3 Å².